The first-order valence-electron chi connectivity index (χ1n) is 6.72. The quantitative estimate of drug-likeness (QED) is 0.871. The number of anilines is 1. The summed E-state index contributed by atoms with van der Waals surface area (Å²) in [5.41, 5.74) is 0.823. The zero-order valence-electron chi connectivity index (χ0n) is 11.5. The number of aliphatic hydroxyl groups is 1. The van der Waals surface area contributed by atoms with Crippen molar-refractivity contribution in [2.45, 2.75) is 26.4 Å². The number of nitrogens with zero attached hydrogens (tertiary/aromatic N) is 3. The molecule has 0 bridgehead atoms. The molecule has 1 fully saturated rings. The van der Waals surface area contributed by atoms with Crippen molar-refractivity contribution in [2.75, 3.05) is 31.1 Å². The molecule has 1 unspecified atom stereocenters. The van der Waals surface area contributed by atoms with Crippen LogP contribution >= 0.6 is 0 Å². The topological polar surface area (TPSA) is 56.7 Å². The summed E-state index contributed by atoms with van der Waals surface area (Å²) >= 11 is 0. The van der Waals surface area contributed by atoms with Crippen molar-refractivity contribution in [3.05, 3.63) is 23.9 Å². The van der Waals surface area contributed by atoms with Crippen LogP contribution in [0.1, 0.15) is 31.9 Å². The van der Waals surface area contributed by atoms with Gasteiger partial charge in [-0.3, -0.25) is 4.79 Å². The third kappa shape index (κ3) is 3.44. The van der Waals surface area contributed by atoms with Crippen LogP contribution in [0.25, 0.3) is 0 Å². The van der Waals surface area contributed by atoms with E-state index in [4.69, 9.17) is 0 Å². The zero-order valence-corrected chi connectivity index (χ0v) is 11.5. The third-order valence-electron chi connectivity index (χ3n) is 3.52. The van der Waals surface area contributed by atoms with Crippen molar-refractivity contribution in [3.8, 4) is 0 Å². The Kier molecular flexibility index (Phi) is 4.37. The predicted octanol–water partition coefficient (Wildman–Crippen LogP) is 1.19. The number of hydrogen-bond donors (Lipinski definition) is 1. The second kappa shape index (κ2) is 6.02. The minimum atomic E-state index is -0.487. The van der Waals surface area contributed by atoms with Crippen LogP contribution < -0.4 is 4.90 Å². The highest BCUT2D eigenvalue weighted by molar-refractivity contribution is 5.73. The smallest absolute Gasteiger partial charge is 0.219 e. The van der Waals surface area contributed by atoms with Crippen molar-refractivity contribution >= 4 is 11.7 Å². The van der Waals surface area contributed by atoms with Crippen LogP contribution in [0, 0.1) is 0 Å². The number of carbonyl (C=O) groups is 1. The molecule has 5 nitrogen and oxygen atoms in total. The van der Waals surface area contributed by atoms with Crippen LogP contribution in [0.4, 0.5) is 5.82 Å². The SMILES string of the molecule is CC(=O)N1CCCN(c2ccc(C(C)O)cn2)CC1. The van der Waals surface area contributed by atoms with Crippen LogP contribution in [0.2, 0.25) is 0 Å². The third-order valence-corrected chi connectivity index (χ3v) is 3.52. The normalized spacial score (nSPS) is 18.1. The van der Waals surface area contributed by atoms with Gasteiger partial charge in [0.2, 0.25) is 5.91 Å². The van der Waals surface area contributed by atoms with Crippen molar-refractivity contribution in [1.82, 2.24) is 9.88 Å². The molecule has 1 N–H and O–H groups in total. The molecule has 1 amide bonds. The molecule has 104 valence electrons. The van der Waals surface area contributed by atoms with E-state index in [1.807, 2.05) is 17.0 Å². The molecule has 19 heavy (non-hydrogen) atoms. The van der Waals surface area contributed by atoms with Crippen molar-refractivity contribution in [1.29, 1.82) is 0 Å². The Balaban J connectivity index is 2.03. The van der Waals surface area contributed by atoms with Gasteiger partial charge in [0, 0.05) is 39.3 Å². The van der Waals surface area contributed by atoms with Gasteiger partial charge in [-0.05, 0) is 25.0 Å². The van der Waals surface area contributed by atoms with Crippen molar-refractivity contribution in [3.63, 3.8) is 0 Å². The monoisotopic (exact) mass is 263 g/mol. The van der Waals surface area contributed by atoms with E-state index in [2.05, 4.69) is 9.88 Å². The first kappa shape index (κ1) is 13.8. The number of pyridine rings is 1. The molecule has 1 aromatic heterocycles. The zero-order chi connectivity index (χ0) is 13.8. The lowest BCUT2D eigenvalue weighted by Gasteiger charge is -2.22. The van der Waals surface area contributed by atoms with Gasteiger partial charge in [-0.1, -0.05) is 6.07 Å². The summed E-state index contributed by atoms with van der Waals surface area (Å²) in [4.78, 5) is 19.8. The largest absolute Gasteiger partial charge is 0.389 e. The molecule has 2 rings (SSSR count). The van der Waals surface area contributed by atoms with Gasteiger partial charge in [0.05, 0.1) is 6.10 Å². The Labute approximate surface area is 113 Å². The maximum atomic E-state index is 11.4. The lowest BCUT2D eigenvalue weighted by Crippen LogP contribution is -2.33. The summed E-state index contributed by atoms with van der Waals surface area (Å²) < 4.78 is 0. The molecular formula is C14H21N3O2. The number of carbonyl (C=O) groups excluding carboxylic acids is 1. The van der Waals surface area contributed by atoms with E-state index in [1.54, 1.807) is 20.0 Å². The minimum absolute atomic E-state index is 0.138. The van der Waals surface area contributed by atoms with E-state index in [0.717, 1.165) is 44.0 Å². The lowest BCUT2D eigenvalue weighted by molar-refractivity contribution is -0.128. The Morgan fingerprint density at radius 2 is 2.11 bits per heavy atom. The van der Waals surface area contributed by atoms with E-state index in [0.29, 0.717) is 0 Å². The number of aliphatic hydroxyl groups excluding tert-OH is 1. The van der Waals surface area contributed by atoms with Gasteiger partial charge in [0.1, 0.15) is 5.82 Å². The number of amides is 1. The number of rotatable bonds is 2. The van der Waals surface area contributed by atoms with Crippen LogP contribution in [-0.2, 0) is 4.79 Å². The molecule has 1 saturated heterocycles. The highest BCUT2D eigenvalue weighted by Gasteiger charge is 2.17. The molecule has 0 spiro atoms. The first-order chi connectivity index (χ1) is 9.08. The van der Waals surface area contributed by atoms with E-state index in [9.17, 15) is 9.90 Å². The van der Waals surface area contributed by atoms with Gasteiger partial charge in [0.15, 0.2) is 0 Å². The van der Waals surface area contributed by atoms with Gasteiger partial charge >= 0.3 is 0 Å². The van der Waals surface area contributed by atoms with E-state index in [1.165, 1.54) is 0 Å². The Morgan fingerprint density at radius 1 is 1.32 bits per heavy atom. The minimum Gasteiger partial charge on any atom is -0.389 e. The van der Waals surface area contributed by atoms with Crippen LogP contribution in [-0.4, -0.2) is 47.1 Å². The maximum absolute atomic E-state index is 11.4. The summed E-state index contributed by atoms with van der Waals surface area (Å²) in [7, 11) is 0. The molecule has 0 aliphatic carbocycles. The van der Waals surface area contributed by atoms with Crippen LogP contribution in [0.5, 0.6) is 0 Å². The molecule has 0 radical (unpaired) electrons. The summed E-state index contributed by atoms with van der Waals surface area (Å²) in [5.74, 6) is 1.05. The number of hydrogen-bond acceptors (Lipinski definition) is 4. The lowest BCUT2D eigenvalue weighted by atomic mass is 10.2. The molecule has 5 heteroatoms. The predicted molar refractivity (Wildman–Crippen MR) is 74.0 cm³/mol. The highest BCUT2D eigenvalue weighted by atomic mass is 16.3. The van der Waals surface area contributed by atoms with E-state index >= 15 is 0 Å². The molecule has 0 aromatic carbocycles. The summed E-state index contributed by atoms with van der Waals surface area (Å²) in [6.45, 7) is 6.62. The van der Waals surface area contributed by atoms with E-state index < -0.39 is 6.10 Å². The summed E-state index contributed by atoms with van der Waals surface area (Å²) in [5, 5.41) is 9.47. The fourth-order valence-corrected chi connectivity index (χ4v) is 2.29. The first-order valence-corrected chi connectivity index (χ1v) is 6.72. The molecule has 2 heterocycles. The van der Waals surface area contributed by atoms with E-state index in [-0.39, 0.29) is 5.91 Å². The average molecular weight is 263 g/mol. The Morgan fingerprint density at radius 3 is 2.68 bits per heavy atom. The summed E-state index contributed by atoms with van der Waals surface area (Å²) in [6, 6.07) is 3.84. The second-order valence-corrected chi connectivity index (χ2v) is 4.97. The summed E-state index contributed by atoms with van der Waals surface area (Å²) in [6.07, 6.45) is 2.19. The number of aromatic nitrogens is 1. The Hall–Kier alpha value is -1.62. The van der Waals surface area contributed by atoms with Gasteiger partial charge in [-0.25, -0.2) is 4.98 Å². The maximum Gasteiger partial charge on any atom is 0.219 e. The molecule has 0 saturated carbocycles. The van der Waals surface area contributed by atoms with Crippen molar-refractivity contribution < 1.29 is 9.90 Å². The highest BCUT2D eigenvalue weighted by Crippen LogP contribution is 2.17. The van der Waals surface area contributed by atoms with Gasteiger partial charge in [0.25, 0.3) is 0 Å². The van der Waals surface area contributed by atoms with Gasteiger partial charge < -0.3 is 14.9 Å². The molecule has 1 aliphatic heterocycles. The molecular weight excluding hydrogens is 242 g/mol. The second-order valence-electron chi connectivity index (χ2n) is 4.97. The average Bonchev–Trinajstić information content (AvgIpc) is 2.64. The molecule has 1 aliphatic rings. The van der Waals surface area contributed by atoms with Crippen LogP contribution in [0.3, 0.4) is 0 Å². The standard InChI is InChI=1S/C14H21N3O2/c1-11(18)13-4-5-14(15-10-13)17-7-3-6-16(8-9-17)12(2)19/h4-5,10-11,18H,3,6-9H2,1-2H3. The fourth-order valence-electron chi connectivity index (χ4n) is 2.29. The van der Waals surface area contributed by atoms with Gasteiger partial charge in [-0.15, -0.1) is 0 Å². The van der Waals surface area contributed by atoms with Crippen molar-refractivity contribution in [2.24, 2.45) is 0 Å². The fraction of sp³-hybridized carbons (Fsp3) is 0.571. The van der Waals surface area contributed by atoms with Crippen LogP contribution in [0.15, 0.2) is 18.3 Å². The Bertz CT molecular complexity index is 431. The molecule has 1 aromatic rings. The molecule has 1 atom stereocenters. The van der Waals surface area contributed by atoms with Gasteiger partial charge in [-0.2, -0.15) is 0 Å².